The predicted molar refractivity (Wildman–Crippen MR) is 117 cm³/mol. The van der Waals surface area contributed by atoms with E-state index in [0.29, 0.717) is 47.3 Å². The van der Waals surface area contributed by atoms with Crippen molar-refractivity contribution in [3.8, 4) is 11.6 Å². The Hall–Kier alpha value is -2.80. The maximum Gasteiger partial charge on any atom is 0.259 e. The van der Waals surface area contributed by atoms with Crippen LogP contribution in [0, 0.1) is 0 Å². The maximum atomic E-state index is 13.0. The summed E-state index contributed by atoms with van der Waals surface area (Å²) >= 11 is 6.08. The number of likely N-dealkylation sites (tertiary alicyclic amines) is 2. The molecule has 0 aliphatic carbocycles. The Labute approximate surface area is 186 Å². The van der Waals surface area contributed by atoms with Crippen molar-refractivity contribution in [1.82, 2.24) is 14.8 Å². The number of carbonyl (C=O) groups excluding carboxylic acids is 2. The predicted octanol–water partition coefficient (Wildman–Crippen LogP) is 3.66. The fourth-order valence-corrected chi connectivity index (χ4v) is 4.27. The third-order valence-electron chi connectivity index (χ3n) is 5.75. The largest absolute Gasteiger partial charge is 0.496 e. The molecule has 0 spiro atoms. The summed E-state index contributed by atoms with van der Waals surface area (Å²) in [6.45, 7) is 2.48. The normalized spacial score (nSPS) is 18.7. The van der Waals surface area contributed by atoms with E-state index in [1.807, 2.05) is 4.90 Å². The van der Waals surface area contributed by atoms with E-state index < -0.39 is 0 Å². The minimum absolute atomic E-state index is 0.0441. The quantitative estimate of drug-likeness (QED) is 0.705. The third-order valence-corrected chi connectivity index (χ3v) is 5.98. The molecule has 0 radical (unpaired) electrons. The summed E-state index contributed by atoms with van der Waals surface area (Å²) in [7, 11) is 1.53. The number of hydrogen-bond acceptors (Lipinski definition) is 5. The molecular formula is C23H26ClN3O4. The van der Waals surface area contributed by atoms with Gasteiger partial charge in [0.15, 0.2) is 0 Å². The molecular weight excluding hydrogens is 418 g/mol. The summed E-state index contributed by atoms with van der Waals surface area (Å²) in [6.07, 6.45) is 5.24. The van der Waals surface area contributed by atoms with Crippen LogP contribution in [0.4, 0.5) is 0 Å². The molecule has 2 amide bonds. The first-order valence-electron chi connectivity index (χ1n) is 10.6. The second-order valence-corrected chi connectivity index (χ2v) is 8.27. The van der Waals surface area contributed by atoms with Gasteiger partial charge in [0.2, 0.25) is 5.88 Å². The Morgan fingerprint density at radius 3 is 2.58 bits per heavy atom. The second kappa shape index (κ2) is 9.56. The van der Waals surface area contributed by atoms with Gasteiger partial charge in [-0.15, -0.1) is 0 Å². The van der Waals surface area contributed by atoms with Crippen LogP contribution in [0.5, 0.6) is 11.6 Å². The molecule has 0 N–H and O–H groups in total. The monoisotopic (exact) mass is 443 g/mol. The molecule has 7 nitrogen and oxygen atoms in total. The fourth-order valence-electron chi connectivity index (χ4n) is 4.10. The van der Waals surface area contributed by atoms with Crippen molar-refractivity contribution in [1.29, 1.82) is 0 Å². The van der Waals surface area contributed by atoms with E-state index in [0.717, 1.165) is 32.4 Å². The molecule has 2 aliphatic heterocycles. The van der Waals surface area contributed by atoms with Crippen LogP contribution in [0.25, 0.3) is 0 Å². The minimum atomic E-state index is -0.239. The lowest BCUT2D eigenvalue weighted by Gasteiger charge is -2.27. The number of methoxy groups -OCH3 is 1. The first kappa shape index (κ1) is 21.4. The van der Waals surface area contributed by atoms with E-state index in [9.17, 15) is 9.59 Å². The molecule has 1 aromatic heterocycles. The average molecular weight is 444 g/mol. The van der Waals surface area contributed by atoms with Crippen LogP contribution in [0.3, 0.4) is 0 Å². The van der Waals surface area contributed by atoms with Crippen molar-refractivity contribution in [2.45, 2.75) is 31.8 Å². The van der Waals surface area contributed by atoms with Crippen molar-refractivity contribution in [3.05, 3.63) is 52.7 Å². The van der Waals surface area contributed by atoms with Crippen LogP contribution >= 0.6 is 11.6 Å². The van der Waals surface area contributed by atoms with Gasteiger partial charge in [0.25, 0.3) is 11.8 Å². The van der Waals surface area contributed by atoms with Gasteiger partial charge < -0.3 is 19.3 Å². The molecule has 4 rings (SSSR count). The van der Waals surface area contributed by atoms with Gasteiger partial charge in [-0.3, -0.25) is 9.59 Å². The summed E-state index contributed by atoms with van der Waals surface area (Å²) in [5.74, 6) is 0.615. The SMILES string of the molecule is COc1ccc(Cl)cc1C(=O)N1CCC(Oc2ncccc2C(=O)N2CCCCC2)C1. The number of aromatic nitrogens is 1. The number of benzene rings is 1. The van der Waals surface area contributed by atoms with E-state index in [4.69, 9.17) is 21.1 Å². The van der Waals surface area contributed by atoms with Crippen molar-refractivity contribution < 1.29 is 19.1 Å². The molecule has 2 aromatic rings. The van der Waals surface area contributed by atoms with Gasteiger partial charge in [0, 0.05) is 37.3 Å². The molecule has 0 bridgehead atoms. The number of rotatable bonds is 5. The highest BCUT2D eigenvalue weighted by Crippen LogP contribution is 2.27. The molecule has 8 heteroatoms. The van der Waals surface area contributed by atoms with Gasteiger partial charge in [-0.25, -0.2) is 4.98 Å². The highest BCUT2D eigenvalue weighted by molar-refractivity contribution is 6.31. The van der Waals surface area contributed by atoms with E-state index in [1.54, 1.807) is 41.4 Å². The van der Waals surface area contributed by atoms with Gasteiger partial charge in [-0.05, 0) is 49.6 Å². The van der Waals surface area contributed by atoms with Crippen molar-refractivity contribution >= 4 is 23.4 Å². The Balaban J connectivity index is 1.45. The topological polar surface area (TPSA) is 72.0 Å². The van der Waals surface area contributed by atoms with Gasteiger partial charge in [0.1, 0.15) is 17.4 Å². The summed E-state index contributed by atoms with van der Waals surface area (Å²) < 4.78 is 11.4. The molecule has 1 aromatic carbocycles. The lowest BCUT2D eigenvalue weighted by Crippen LogP contribution is -2.36. The van der Waals surface area contributed by atoms with Crippen LogP contribution in [0.1, 0.15) is 46.4 Å². The first-order chi connectivity index (χ1) is 15.1. The first-order valence-corrected chi connectivity index (χ1v) is 11.0. The lowest BCUT2D eigenvalue weighted by atomic mass is 10.1. The smallest absolute Gasteiger partial charge is 0.259 e. The molecule has 3 heterocycles. The molecule has 2 fully saturated rings. The lowest BCUT2D eigenvalue weighted by molar-refractivity contribution is 0.0708. The Morgan fingerprint density at radius 1 is 1.03 bits per heavy atom. The Kier molecular flexibility index (Phi) is 6.61. The minimum Gasteiger partial charge on any atom is -0.496 e. The molecule has 1 unspecified atom stereocenters. The van der Waals surface area contributed by atoms with Crippen molar-refractivity contribution in [2.24, 2.45) is 0 Å². The highest BCUT2D eigenvalue weighted by atomic mass is 35.5. The molecule has 2 aliphatic rings. The van der Waals surface area contributed by atoms with Crippen LogP contribution in [0.15, 0.2) is 36.5 Å². The number of pyridine rings is 1. The average Bonchev–Trinajstić information content (AvgIpc) is 3.27. The number of carbonyl (C=O) groups is 2. The number of ether oxygens (including phenoxy) is 2. The van der Waals surface area contributed by atoms with E-state index >= 15 is 0 Å². The van der Waals surface area contributed by atoms with Crippen LogP contribution in [0.2, 0.25) is 5.02 Å². The summed E-state index contributed by atoms with van der Waals surface area (Å²) in [5.41, 5.74) is 0.903. The van der Waals surface area contributed by atoms with Gasteiger partial charge >= 0.3 is 0 Å². The number of piperidine rings is 1. The zero-order valence-corrected chi connectivity index (χ0v) is 18.3. The van der Waals surface area contributed by atoms with Gasteiger partial charge in [-0.1, -0.05) is 11.6 Å². The van der Waals surface area contributed by atoms with Gasteiger partial charge in [-0.2, -0.15) is 0 Å². The summed E-state index contributed by atoms with van der Waals surface area (Å²) in [5, 5.41) is 0.477. The number of nitrogens with zero attached hydrogens (tertiary/aromatic N) is 3. The molecule has 1 atom stereocenters. The maximum absolute atomic E-state index is 13.0. The molecule has 164 valence electrons. The van der Waals surface area contributed by atoms with Crippen molar-refractivity contribution in [2.75, 3.05) is 33.3 Å². The number of amides is 2. The molecule has 0 saturated carbocycles. The molecule has 31 heavy (non-hydrogen) atoms. The number of hydrogen-bond donors (Lipinski definition) is 0. The van der Waals surface area contributed by atoms with Crippen LogP contribution in [-0.4, -0.2) is 66.0 Å². The van der Waals surface area contributed by atoms with E-state index in [2.05, 4.69) is 4.98 Å². The Bertz CT molecular complexity index is 962. The summed E-state index contributed by atoms with van der Waals surface area (Å²) in [4.78, 5) is 33.9. The van der Waals surface area contributed by atoms with Crippen molar-refractivity contribution in [3.63, 3.8) is 0 Å². The van der Waals surface area contributed by atoms with Crippen LogP contribution in [-0.2, 0) is 0 Å². The highest BCUT2D eigenvalue weighted by Gasteiger charge is 2.31. The van der Waals surface area contributed by atoms with E-state index in [-0.39, 0.29) is 17.9 Å². The molecule has 2 saturated heterocycles. The van der Waals surface area contributed by atoms with E-state index in [1.165, 1.54) is 7.11 Å². The standard InChI is InChI=1S/C23H26ClN3O4/c1-30-20-8-7-16(24)14-19(20)23(29)27-13-9-17(15-27)31-21-18(6-5-10-25-21)22(28)26-11-3-2-4-12-26/h5-8,10,14,17H,2-4,9,11-13,15H2,1H3. The van der Waals surface area contributed by atoms with Crippen LogP contribution < -0.4 is 9.47 Å². The zero-order valence-electron chi connectivity index (χ0n) is 17.6. The zero-order chi connectivity index (χ0) is 21.8. The fraction of sp³-hybridized carbons (Fsp3) is 0.435. The summed E-state index contributed by atoms with van der Waals surface area (Å²) in [6, 6.07) is 8.50. The van der Waals surface area contributed by atoms with Gasteiger partial charge in [0.05, 0.1) is 19.2 Å². The second-order valence-electron chi connectivity index (χ2n) is 7.83. The Morgan fingerprint density at radius 2 is 1.81 bits per heavy atom. The number of halogens is 1. The third kappa shape index (κ3) is 4.77.